The quantitative estimate of drug-likeness (QED) is 0.717. The average molecular weight is 218 g/mol. The Morgan fingerprint density at radius 3 is 2.50 bits per heavy atom. The van der Waals surface area contributed by atoms with Crippen molar-refractivity contribution in [3.63, 3.8) is 0 Å². The Bertz CT molecular complexity index is 301. The highest BCUT2D eigenvalue weighted by atomic mass is 15.1. The lowest BCUT2D eigenvalue weighted by Crippen LogP contribution is -2.51. The fourth-order valence-electron chi connectivity index (χ4n) is 1.97. The molecular weight excluding hydrogens is 196 g/mol. The molecule has 1 fully saturated rings. The maximum Gasteiger partial charge on any atom is 0.0510 e. The van der Waals surface area contributed by atoms with Gasteiger partial charge in [0.05, 0.1) is 6.04 Å². The molecule has 1 aliphatic heterocycles. The molecule has 1 aromatic rings. The van der Waals surface area contributed by atoms with Crippen LogP contribution in [0.1, 0.15) is 31.7 Å². The summed E-state index contributed by atoms with van der Waals surface area (Å²) in [5, 5.41) is 6.78. The van der Waals surface area contributed by atoms with E-state index in [-0.39, 0.29) is 0 Å². The van der Waals surface area contributed by atoms with E-state index in [4.69, 9.17) is 0 Å². The maximum atomic E-state index is 3.51. The molecule has 1 heterocycles. The van der Waals surface area contributed by atoms with E-state index in [1.54, 1.807) is 0 Å². The van der Waals surface area contributed by atoms with Crippen LogP contribution in [0.15, 0.2) is 24.3 Å². The molecule has 0 radical (unpaired) electrons. The molecular formula is C14H22N2. The van der Waals surface area contributed by atoms with E-state index in [1.165, 1.54) is 36.9 Å². The lowest BCUT2D eigenvalue weighted by molar-refractivity contribution is 0.472. The van der Waals surface area contributed by atoms with Gasteiger partial charge in [-0.15, -0.1) is 0 Å². The highest BCUT2D eigenvalue weighted by Gasteiger charge is 2.15. The fraction of sp³-hybridized carbons (Fsp3) is 0.571. The van der Waals surface area contributed by atoms with Crippen LogP contribution in [0.2, 0.25) is 0 Å². The summed E-state index contributed by atoms with van der Waals surface area (Å²) in [6.07, 6.45) is 5.18. The topological polar surface area (TPSA) is 24.1 Å². The number of hydrogen-bond acceptors (Lipinski definition) is 2. The Balaban J connectivity index is 1.78. The normalized spacial score (nSPS) is 15.8. The number of unbranched alkanes of at least 4 members (excludes halogenated alkanes) is 2. The summed E-state index contributed by atoms with van der Waals surface area (Å²) in [6.45, 7) is 4.44. The minimum atomic E-state index is 0.631. The molecule has 0 unspecified atom stereocenters. The average Bonchev–Trinajstić information content (AvgIpc) is 2.26. The van der Waals surface area contributed by atoms with E-state index >= 15 is 0 Å². The molecule has 16 heavy (non-hydrogen) atoms. The van der Waals surface area contributed by atoms with Crippen LogP contribution >= 0.6 is 0 Å². The Kier molecular flexibility index (Phi) is 4.23. The number of anilines is 1. The van der Waals surface area contributed by atoms with Gasteiger partial charge in [0.1, 0.15) is 0 Å². The van der Waals surface area contributed by atoms with Gasteiger partial charge >= 0.3 is 0 Å². The first-order chi connectivity index (χ1) is 7.88. The summed E-state index contributed by atoms with van der Waals surface area (Å²) in [4.78, 5) is 0. The number of rotatable bonds is 6. The summed E-state index contributed by atoms with van der Waals surface area (Å²) in [5.74, 6) is 0. The molecule has 0 atom stereocenters. The van der Waals surface area contributed by atoms with Crippen molar-refractivity contribution in [2.24, 2.45) is 0 Å². The van der Waals surface area contributed by atoms with E-state index in [0.29, 0.717) is 6.04 Å². The van der Waals surface area contributed by atoms with Crippen molar-refractivity contribution in [3.8, 4) is 0 Å². The molecule has 2 rings (SSSR count). The van der Waals surface area contributed by atoms with Gasteiger partial charge in [0.2, 0.25) is 0 Å². The van der Waals surface area contributed by atoms with Crippen molar-refractivity contribution in [1.82, 2.24) is 5.32 Å². The SMILES string of the molecule is CCCCCc1ccc(NC2CNC2)cc1. The summed E-state index contributed by atoms with van der Waals surface area (Å²) < 4.78 is 0. The second kappa shape index (κ2) is 5.90. The van der Waals surface area contributed by atoms with Gasteiger partial charge in [-0.25, -0.2) is 0 Å². The van der Waals surface area contributed by atoms with Crippen molar-refractivity contribution in [3.05, 3.63) is 29.8 Å². The standard InChI is InChI=1S/C14H22N2/c1-2-3-4-5-12-6-8-13(9-7-12)16-14-10-15-11-14/h6-9,14-16H,2-5,10-11H2,1H3. The van der Waals surface area contributed by atoms with Gasteiger partial charge in [0, 0.05) is 18.8 Å². The van der Waals surface area contributed by atoms with Gasteiger partial charge in [-0.2, -0.15) is 0 Å². The van der Waals surface area contributed by atoms with Gasteiger partial charge in [0.25, 0.3) is 0 Å². The zero-order chi connectivity index (χ0) is 11.2. The Morgan fingerprint density at radius 2 is 1.94 bits per heavy atom. The maximum absolute atomic E-state index is 3.51. The molecule has 88 valence electrons. The van der Waals surface area contributed by atoms with Gasteiger partial charge in [-0.3, -0.25) is 0 Å². The third-order valence-electron chi connectivity index (χ3n) is 3.18. The zero-order valence-corrected chi connectivity index (χ0v) is 10.1. The molecule has 0 amide bonds. The monoisotopic (exact) mass is 218 g/mol. The minimum absolute atomic E-state index is 0.631. The number of aryl methyl sites for hydroxylation is 1. The van der Waals surface area contributed by atoms with Gasteiger partial charge in [-0.1, -0.05) is 31.9 Å². The van der Waals surface area contributed by atoms with E-state index in [2.05, 4.69) is 41.8 Å². The van der Waals surface area contributed by atoms with Crippen LogP contribution in [0.3, 0.4) is 0 Å². The molecule has 1 aliphatic rings. The molecule has 2 nitrogen and oxygen atoms in total. The largest absolute Gasteiger partial charge is 0.380 e. The highest BCUT2D eigenvalue weighted by Crippen LogP contribution is 2.14. The van der Waals surface area contributed by atoms with Crippen LogP contribution in [-0.2, 0) is 6.42 Å². The predicted molar refractivity (Wildman–Crippen MR) is 70.0 cm³/mol. The third kappa shape index (κ3) is 3.24. The predicted octanol–water partition coefficient (Wildman–Crippen LogP) is 2.80. The Morgan fingerprint density at radius 1 is 1.19 bits per heavy atom. The first-order valence-electron chi connectivity index (χ1n) is 6.44. The van der Waals surface area contributed by atoms with Crippen LogP contribution in [-0.4, -0.2) is 19.1 Å². The highest BCUT2D eigenvalue weighted by molar-refractivity contribution is 5.46. The van der Waals surface area contributed by atoms with E-state index < -0.39 is 0 Å². The van der Waals surface area contributed by atoms with Crippen LogP contribution in [0.25, 0.3) is 0 Å². The van der Waals surface area contributed by atoms with Crippen LogP contribution in [0, 0.1) is 0 Å². The second-order valence-corrected chi connectivity index (χ2v) is 4.65. The van der Waals surface area contributed by atoms with Crippen LogP contribution in [0.5, 0.6) is 0 Å². The Labute approximate surface area is 98.4 Å². The molecule has 0 bridgehead atoms. The van der Waals surface area contributed by atoms with Crippen molar-refractivity contribution < 1.29 is 0 Å². The summed E-state index contributed by atoms with van der Waals surface area (Å²) >= 11 is 0. The summed E-state index contributed by atoms with van der Waals surface area (Å²) in [7, 11) is 0. The van der Waals surface area contributed by atoms with Crippen molar-refractivity contribution in [2.45, 2.75) is 38.6 Å². The van der Waals surface area contributed by atoms with Crippen LogP contribution < -0.4 is 10.6 Å². The number of benzene rings is 1. The molecule has 2 heteroatoms. The number of nitrogens with one attached hydrogen (secondary N) is 2. The lowest BCUT2D eigenvalue weighted by atomic mass is 10.1. The third-order valence-corrected chi connectivity index (χ3v) is 3.18. The molecule has 0 aliphatic carbocycles. The first kappa shape index (κ1) is 11.5. The van der Waals surface area contributed by atoms with Gasteiger partial charge < -0.3 is 10.6 Å². The minimum Gasteiger partial charge on any atom is -0.380 e. The van der Waals surface area contributed by atoms with Crippen molar-refractivity contribution >= 4 is 5.69 Å². The summed E-state index contributed by atoms with van der Waals surface area (Å²) in [6, 6.07) is 9.55. The van der Waals surface area contributed by atoms with Crippen molar-refractivity contribution in [2.75, 3.05) is 18.4 Å². The lowest BCUT2D eigenvalue weighted by Gasteiger charge is -2.29. The molecule has 0 aromatic heterocycles. The van der Waals surface area contributed by atoms with Gasteiger partial charge in [-0.05, 0) is 30.5 Å². The van der Waals surface area contributed by atoms with E-state index in [9.17, 15) is 0 Å². The van der Waals surface area contributed by atoms with E-state index in [0.717, 1.165) is 13.1 Å². The summed E-state index contributed by atoms with van der Waals surface area (Å²) in [5.41, 5.74) is 2.72. The van der Waals surface area contributed by atoms with Crippen molar-refractivity contribution in [1.29, 1.82) is 0 Å². The second-order valence-electron chi connectivity index (χ2n) is 4.65. The first-order valence-corrected chi connectivity index (χ1v) is 6.44. The molecule has 0 spiro atoms. The van der Waals surface area contributed by atoms with E-state index in [1.807, 2.05) is 0 Å². The fourth-order valence-corrected chi connectivity index (χ4v) is 1.97. The zero-order valence-electron chi connectivity index (χ0n) is 10.1. The Hall–Kier alpha value is -1.02. The molecule has 1 aromatic carbocycles. The van der Waals surface area contributed by atoms with Crippen LogP contribution in [0.4, 0.5) is 5.69 Å². The van der Waals surface area contributed by atoms with Gasteiger partial charge in [0.15, 0.2) is 0 Å². The molecule has 1 saturated heterocycles. The smallest absolute Gasteiger partial charge is 0.0510 e. The molecule has 2 N–H and O–H groups in total. The number of hydrogen-bond donors (Lipinski definition) is 2. The molecule has 0 saturated carbocycles.